The second-order valence-corrected chi connectivity index (χ2v) is 7.09. The Labute approximate surface area is 131 Å². The molecule has 4 rings (SSSR count). The average molecular weight is 298 g/mol. The summed E-state index contributed by atoms with van der Waals surface area (Å²) in [4.78, 5) is 0. The van der Waals surface area contributed by atoms with Gasteiger partial charge in [-0.25, -0.2) is 0 Å². The molecule has 0 unspecified atom stereocenters. The van der Waals surface area contributed by atoms with E-state index in [0.29, 0.717) is 11.7 Å². The van der Waals surface area contributed by atoms with Crippen molar-refractivity contribution in [3.8, 4) is 11.5 Å². The molecule has 3 nitrogen and oxygen atoms in total. The number of aromatic hydroxyl groups is 1. The number of hydrogen-bond donors (Lipinski definition) is 1. The Morgan fingerprint density at radius 3 is 2.91 bits per heavy atom. The first-order valence-electron chi connectivity index (χ1n) is 8.05. The van der Waals surface area contributed by atoms with E-state index in [4.69, 9.17) is 9.47 Å². The van der Waals surface area contributed by atoms with Crippen LogP contribution in [-0.4, -0.2) is 16.8 Å². The lowest BCUT2D eigenvalue weighted by atomic mass is 9.77. The Morgan fingerprint density at radius 1 is 1.27 bits per heavy atom. The first kappa shape index (κ1) is 13.9. The van der Waals surface area contributed by atoms with E-state index in [0.717, 1.165) is 35.3 Å². The third kappa shape index (κ3) is 2.07. The topological polar surface area (TPSA) is 38.7 Å². The van der Waals surface area contributed by atoms with Gasteiger partial charge in [-0.1, -0.05) is 18.2 Å². The number of phenolic OH excluding ortho intramolecular Hbond substituents is 1. The first-order chi connectivity index (χ1) is 10.4. The monoisotopic (exact) mass is 298 g/mol. The van der Waals surface area contributed by atoms with Gasteiger partial charge in [-0.2, -0.15) is 0 Å². The lowest BCUT2D eigenvalue weighted by Gasteiger charge is -2.40. The van der Waals surface area contributed by atoms with Gasteiger partial charge in [-0.3, -0.25) is 0 Å². The van der Waals surface area contributed by atoms with Gasteiger partial charge in [-0.05, 0) is 45.8 Å². The van der Waals surface area contributed by atoms with Gasteiger partial charge in [0.1, 0.15) is 17.1 Å². The fourth-order valence-electron chi connectivity index (χ4n) is 3.74. The van der Waals surface area contributed by atoms with Crippen molar-refractivity contribution >= 4 is 6.08 Å². The SMILES string of the molecule is C[C@@H]1C=C[C@@H]2CCc3c(O)cc4c(c3[C@@H]2O1)OC(C)(C)C=C4. The Morgan fingerprint density at radius 2 is 2.09 bits per heavy atom. The second-order valence-electron chi connectivity index (χ2n) is 7.09. The lowest BCUT2D eigenvalue weighted by Crippen LogP contribution is -2.32. The molecule has 3 atom stereocenters. The van der Waals surface area contributed by atoms with Gasteiger partial charge >= 0.3 is 0 Å². The number of rotatable bonds is 0. The number of fused-ring (bicyclic) bond motifs is 5. The Kier molecular flexibility index (Phi) is 2.92. The highest BCUT2D eigenvalue weighted by Crippen LogP contribution is 2.51. The van der Waals surface area contributed by atoms with Crippen molar-refractivity contribution in [1.29, 1.82) is 0 Å². The van der Waals surface area contributed by atoms with Crippen LogP contribution in [0.2, 0.25) is 0 Å². The third-order valence-corrected chi connectivity index (χ3v) is 4.85. The standard InChI is InChI=1S/C19H22O3/c1-11-4-5-12-6-7-14-15(20)10-13-8-9-19(2,3)22-18(13)16(14)17(12)21-11/h4-5,8-12,17,20H,6-7H2,1-3H3/t11-,12-,17-/m1/s1. The van der Waals surface area contributed by atoms with E-state index in [2.05, 4.69) is 32.9 Å². The van der Waals surface area contributed by atoms with Crippen LogP contribution in [0.15, 0.2) is 24.3 Å². The van der Waals surface area contributed by atoms with Crippen molar-refractivity contribution in [3.63, 3.8) is 0 Å². The van der Waals surface area contributed by atoms with E-state index < -0.39 is 0 Å². The van der Waals surface area contributed by atoms with Crippen LogP contribution in [0.25, 0.3) is 6.08 Å². The van der Waals surface area contributed by atoms with Crippen LogP contribution in [0, 0.1) is 5.92 Å². The van der Waals surface area contributed by atoms with Crippen LogP contribution >= 0.6 is 0 Å². The van der Waals surface area contributed by atoms with Crippen molar-refractivity contribution in [2.24, 2.45) is 5.92 Å². The van der Waals surface area contributed by atoms with Gasteiger partial charge in [0.2, 0.25) is 0 Å². The van der Waals surface area contributed by atoms with Gasteiger partial charge in [0.15, 0.2) is 0 Å². The third-order valence-electron chi connectivity index (χ3n) is 4.85. The highest BCUT2D eigenvalue weighted by atomic mass is 16.5. The minimum atomic E-state index is -0.333. The molecule has 1 aliphatic carbocycles. The summed E-state index contributed by atoms with van der Waals surface area (Å²) < 4.78 is 12.5. The predicted molar refractivity (Wildman–Crippen MR) is 86.1 cm³/mol. The van der Waals surface area contributed by atoms with E-state index in [1.807, 2.05) is 18.2 Å². The van der Waals surface area contributed by atoms with Crippen molar-refractivity contribution in [2.75, 3.05) is 0 Å². The molecule has 0 bridgehead atoms. The average Bonchev–Trinajstić information content (AvgIpc) is 2.47. The molecular weight excluding hydrogens is 276 g/mol. The summed E-state index contributed by atoms with van der Waals surface area (Å²) in [5, 5.41) is 10.4. The minimum Gasteiger partial charge on any atom is -0.508 e. The van der Waals surface area contributed by atoms with Gasteiger partial charge < -0.3 is 14.6 Å². The Balaban J connectivity index is 1.91. The van der Waals surface area contributed by atoms with Gasteiger partial charge in [-0.15, -0.1) is 0 Å². The van der Waals surface area contributed by atoms with Crippen molar-refractivity contribution in [3.05, 3.63) is 41.0 Å². The highest BCUT2D eigenvalue weighted by Gasteiger charge is 2.38. The van der Waals surface area contributed by atoms with Gasteiger partial charge in [0, 0.05) is 22.6 Å². The fourth-order valence-corrected chi connectivity index (χ4v) is 3.74. The van der Waals surface area contributed by atoms with E-state index in [9.17, 15) is 5.11 Å². The summed E-state index contributed by atoms with van der Waals surface area (Å²) in [7, 11) is 0. The summed E-state index contributed by atoms with van der Waals surface area (Å²) in [6.45, 7) is 6.16. The predicted octanol–water partition coefficient (Wildman–Crippen LogP) is 4.15. The molecule has 0 radical (unpaired) electrons. The number of hydrogen-bond acceptors (Lipinski definition) is 3. The molecule has 0 saturated carbocycles. The van der Waals surface area contributed by atoms with Crippen LogP contribution in [-0.2, 0) is 11.2 Å². The van der Waals surface area contributed by atoms with Crippen LogP contribution in [0.4, 0.5) is 0 Å². The smallest absolute Gasteiger partial charge is 0.134 e. The molecule has 116 valence electrons. The molecule has 2 aliphatic heterocycles. The van der Waals surface area contributed by atoms with Crippen molar-refractivity contribution in [2.45, 2.75) is 51.4 Å². The zero-order chi connectivity index (χ0) is 15.5. The summed E-state index contributed by atoms with van der Waals surface area (Å²) in [5.41, 5.74) is 2.66. The maximum atomic E-state index is 10.4. The number of benzene rings is 1. The molecule has 0 amide bonds. The molecule has 0 fully saturated rings. The Hall–Kier alpha value is -1.74. The quantitative estimate of drug-likeness (QED) is 0.731. The van der Waals surface area contributed by atoms with Crippen LogP contribution in [0.3, 0.4) is 0 Å². The molecule has 0 aromatic heterocycles. The van der Waals surface area contributed by atoms with Crippen molar-refractivity contribution < 1.29 is 14.6 Å². The zero-order valence-corrected chi connectivity index (χ0v) is 13.3. The molecule has 1 N–H and O–H groups in total. The second kappa shape index (κ2) is 4.63. The maximum Gasteiger partial charge on any atom is 0.134 e. The molecular formula is C19H22O3. The van der Waals surface area contributed by atoms with Crippen molar-refractivity contribution in [1.82, 2.24) is 0 Å². The van der Waals surface area contributed by atoms with E-state index >= 15 is 0 Å². The fraction of sp³-hybridized carbons (Fsp3) is 0.474. The molecule has 0 spiro atoms. The summed E-state index contributed by atoms with van der Waals surface area (Å²) in [5.74, 6) is 1.62. The normalized spacial score (nSPS) is 31.0. The summed E-state index contributed by atoms with van der Waals surface area (Å²) in [6.07, 6.45) is 10.4. The van der Waals surface area contributed by atoms with Gasteiger partial charge in [0.25, 0.3) is 0 Å². The van der Waals surface area contributed by atoms with Crippen LogP contribution in [0.5, 0.6) is 11.5 Å². The Bertz CT molecular complexity index is 684. The molecule has 1 aromatic carbocycles. The maximum absolute atomic E-state index is 10.4. The molecule has 0 saturated heterocycles. The zero-order valence-electron chi connectivity index (χ0n) is 13.3. The first-order valence-corrected chi connectivity index (χ1v) is 8.05. The largest absolute Gasteiger partial charge is 0.508 e. The highest BCUT2D eigenvalue weighted by molar-refractivity contribution is 5.68. The van der Waals surface area contributed by atoms with Gasteiger partial charge in [0.05, 0.1) is 12.2 Å². The molecule has 3 aliphatic rings. The molecule has 3 heteroatoms. The minimum absolute atomic E-state index is 0.0214. The number of phenols is 1. The summed E-state index contributed by atoms with van der Waals surface area (Å²) >= 11 is 0. The van der Waals surface area contributed by atoms with E-state index in [1.54, 1.807) is 0 Å². The molecule has 1 aromatic rings. The lowest BCUT2D eigenvalue weighted by molar-refractivity contribution is -0.0246. The van der Waals surface area contributed by atoms with E-state index in [1.165, 1.54) is 0 Å². The molecule has 22 heavy (non-hydrogen) atoms. The van der Waals surface area contributed by atoms with Crippen LogP contribution in [0.1, 0.15) is 50.0 Å². The summed E-state index contributed by atoms with van der Waals surface area (Å²) in [6, 6.07) is 1.82. The van der Waals surface area contributed by atoms with E-state index in [-0.39, 0.29) is 17.8 Å². The van der Waals surface area contributed by atoms with Crippen LogP contribution < -0.4 is 4.74 Å². The number of ether oxygens (including phenoxy) is 2. The molecule has 2 heterocycles.